The van der Waals surface area contributed by atoms with Gasteiger partial charge in [-0.25, -0.2) is 4.98 Å². The number of ether oxygens (including phenoxy) is 1. The molecule has 0 aliphatic carbocycles. The number of amides is 1. The molecule has 0 aliphatic heterocycles. The predicted molar refractivity (Wildman–Crippen MR) is 103 cm³/mol. The Balaban J connectivity index is 1.66. The fourth-order valence-electron chi connectivity index (χ4n) is 2.40. The number of benzene rings is 2. The Kier molecular flexibility index (Phi) is 5.27. The molecule has 3 rings (SSSR count). The number of aromatic nitrogens is 2. The van der Waals surface area contributed by atoms with E-state index in [2.05, 4.69) is 15.3 Å². The van der Waals surface area contributed by atoms with Crippen LogP contribution in [0.2, 0.25) is 0 Å². The Hall–Kier alpha value is -2.80. The molecular formula is C19H19N3O3S. The molecule has 0 fully saturated rings. The number of hydrogen-bond acceptors (Lipinski definition) is 5. The van der Waals surface area contributed by atoms with Crippen LogP contribution in [0.25, 0.3) is 11.0 Å². The Morgan fingerprint density at radius 1 is 1.19 bits per heavy atom. The quantitative estimate of drug-likeness (QED) is 0.509. The largest absolute Gasteiger partial charge is 0.497 e. The Bertz CT molecular complexity index is 950. The summed E-state index contributed by atoms with van der Waals surface area (Å²) in [5, 5.41) is 3.17. The predicted octanol–water partition coefficient (Wildman–Crippen LogP) is 3.89. The molecule has 0 saturated heterocycles. The monoisotopic (exact) mass is 369 g/mol. The molecular weight excluding hydrogens is 350 g/mol. The summed E-state index contributed by atoms with van der Waals surface area (Å²) in [6, 6.07) is 12.4. The van der Waals surface area contributed by atoms with Crippen LogP contribution in [-0.2, 0) is 4.79 Å². The zero-order valence-electron chi connectivity index (χ0n) is 14.7. The third-order valence-electron chi connectivity index (χ3n) is 3.88. The van der Waals surface area contributed by atoms with Gasteiger partial charge in [0.05, 0.1) is 23.4 Å². The number of ketones is 1. The molecule has 26 heavy (non-hydrogen) atoms. The van der Waals surface area contributed by atoms with E-state index in [0.717, 1.165) is 16.8 Å². The maximum absolute atomic E-state index is 12.4. The van der Waals surface area contributed by atoms with Crippen molar-refractivity contribution in [3.05, 3.63) is 48.0 Å². The summed E-state index contributed by atoms with van der Waals surface area (Å²) in [5.41, 5.74) is 2.95. The summed E-state index contributed by atoms with van der Waals surface area (Å²) >= 11 is 1.34. The van der Waals surface area contributed by atoms with Crippen LogP contribution < -0.4 is 10.1 Å². The highest BCUT2D eigenvalue weighted by atomic mass is 32.2. The molecule has 2 N–H and O–H groups in total. The summed E-state index contributed by atoms with van der Waals surface area (Å²) in [4.78, 5) is 31.4. The van der Waals surface area contributed by atoms with Crippen LogP contribution in [0.15, 0.2) is 47.6 Å². The van der Waals surface area contributed by atoms with Crippen molar-refractivity contribution in [1.82, 2.24) is 9.97 Å². The van der Waals surface area contributed by atoms with E-state index in [-0.39, 0.29) is 16.9 Å². The molecule has 3 aromatic rings. The maximum Gasteiger partial charge on any atom is 0.237 e. The summed E-state index contributed by atoms with van der Waals surface area (Å²) < 4.78 is 5.20. The molecule has 1 atom stereocenters. The van der Waals surface area contributed by atoms with Gasteiger partial charge in [-0.15, -0.1) is 0 Å². The number of methoxy groups -OCH3 is 1. The molecule has 0 radical (unpaired) electrons. The van der Waals surface area contributed by atoms with Gasteiger partial charge in [-0.2, -0.15) is 0 Å². The highest BCUT2D eigenvalue weighted by Crippen LogP contribution is 2.26. The second kappa shape index (κ2) is 7.61. The minimum Gasteiger partial charge on any atom is -0.497 e. The molecule has 0 saturated carbocycles. The second-order valence-corrected chi connectivity index (χ2v) is 7.14. The number of hydrogen-bond donors (Lipinski definition) is 2. The number of nitrogens with one attached hydrogen (secondary N) is 2. The first-order chi connectivity index (χ1) is 12.5. The first-order valence-electron chi connectivity index (χ1n) is 8.08. The Morgan fingerprint density at radius 2 is 1.92 bits per heavy atom. The van der Waals surface area contributed by atoms with E-state index in [0.29, 0.717) is 16.4 Å². The number of imidazole rings is 1. The molecule has 0 aliphatic rings. The first kappa shape index (κ1) is 18.0. The van der Waals surface area contributed by atoms with Crippen LogP contribution in [0.5, 0.6) is 5.75 Å². The third-order valence-corrected chi connectivity index (χ3v) is 4.87. The minimum atomic E-state index is -0.343. The zero-order chi connectivity index (χ0) is 18.7. The summed E-state index contributed by atoms with van der Waals surface area (Å²) in [6.45, 7) is 3.33. The number of H-pyrrole nitrogens is 1. The molecule has 7 heteroatoms. The van der Waals surface area contributed by atoms with Crippen molar-refractivity contribution in [3.8, 4) is 5.75 Å². The van der Waals surface area contributed by atoms with Crippen molar-refractivity contribution in [2.75, 3.05) is 12.4 Å². The molecule has 0 bridgehead atoms. The maximum atomic E-state index is 12.4. The fourth-order valence-corrected chi connectivity index (χ4v) is 3.22. The van der Waals surface area contributed by atoms with Crippen LogP contribution in [-0.4, -0.2) is 34.0 Å². The number of anilines is 1. The smallest absolute Gasteiger partial charge is 0.237 e. The Morgan fingerprint density at radius 3 is 2.58 bits per heavy atom. The van der Waals surface area contributed by atoms with Gasteiger partial charge in [-0.05, 0) is 50.2 Å². The van der Waals surface area contributed by atoms with Gasteiger partial charge in [0.1, 0.15) is 5.75 Å². The van der Waals surface area contributed by atoms with Gasteiger partial charge in [0.25, 0.3) is 0 Å². The van der Waals surface area contributed by atoms with E-state index in [1.165, 1.54) is 18.7 Å². The van der Waals surface area contributed by atoms with Crippen molar-refractivity contribution in [3.63, 3.8) is 0 Å². The highest BCUT2D eigenvalue weighted by Gasteiger charge is 2.17. The average molecular weight is 369 g/mol. The van der Waals surface area contributed by atoms with Crippen molar-refractivity contribution >= 4 is 40.2 Å². The van der Waals surface area contributed by atoms with E-state index in [4.69, 9.17) is 4.74 Å². The summed E-state index contributed by atoms with van der Waals surface area (Å²) in [7, 11) is 1.61. The lowest BCUT2D eigenvalue weighted by atomic mass is 10.1. The van der Waals surface area contributed by atoms with Gasteiger partial charge in [0, 0.05) is 17.3 Å². The van der Waals surface area contributed by atoms with Crippen LogP contribution in [0.1, 0.15) is 24.2 Å². The van der Waals surface area contributed by atoms with Crippen LogP contribution in [0.3, 0.4) is 0 Å². The molecule has 0 spiro atoms. The highest BCUT2D eigenvalue weighted by molar-refractivity contribution is 8.00. The fraction of sp³-hybridized carbons (Fsp3) is 0.211. The SMILES string of the molecule is COc1ccc2nc(SC(C)C(=O)Nc3ccc(C(C)=O)cc3)[nH]c2c1. The van der Waals surface area contributed by atoms with Gasteiger partial charge in [0.15, 0.2) is 10.9 Å². The van der Waals surface area contributed by atoms with Gasteiger partial charge >= 0.3 is 0 Å². The zero-order valence-corrected chi connectivity index (χ0v) is 15.5. The van der Waals surface area contributed by atoms with Crippen molar-refractivity contribution in [2.45, 2.75) is 24.3 Å². The van der Waals surface area contributed by atoms with Gasteiger partial charge in [0.2, 0.25) is 5.91 Å². The lowest BCUT2D eigenvalue weighted by Crippen LogP contribution is -2.22. The van der Waals surface area contributed by atoms with Crippen LogP contribution in [0, 0.1) is 0 Å². The third kappa shape index (κ3) is 4.05. The number of carbonyl (C=O) groups excluding carboxylic acids is 2. The van der Waals surface area contributed by atoms with E-state index in [1.54, 1.807) is 31.4 Å². The van der Waals surface area contributed by atoms with Gasteiger partial charge in [-0.3, -0.25) is 9.59 Å². The molecule has 1 amide bonds. The average Bonchev–Trinajstić information content (AvgIpc) is 3.03. The number of nitrogens with zero attached hydrogens (tertiary/aromatic N) is 1. The number of thioether (sulfide) groups is 1. The molecule has 1 unspecified atom stereocenters. The number of aromatic amines is 1. The van der Waals surface area contributed by atoms with Crippen LogP contribution >= 0.6 is 11.8 Å². The topological polar surface area (TPSA) is 84.1 Å². The van der Waals surface area contributed by atoms with Crippen molar-refractivity contribution < 1.29 is 14.3 Å². The summed E-state index contributed by atoms with van der Waals surface area (Å²) in [6.07, 6.45) is 0. The van der Waals surface area contributed by atoms with E-state index < -0.39 is 0 Å². The number of fused-ring (bicyclic) bond motifs is 1. The molecule has 1 aromatic heterocycles. The minimum absolute atomic E-state index is 0.00619. The molecule has 1 heterocycles. The first-order valence-corrected chi connectivity index (χ1v) is 8.96. The molecule has 2 aromatic carbocycles. The standard InChI is InChI=1S/C19H19N3O3S/c1-11(23)13-4-6-14(7-5-13)20-18(24)12(2)26-19-21-16-9-8-15(25-3)10-17(16)22-19/h4-10,12H,1-3H3,(H,20,24)(H,21,22). The lowest BCUT2D eigenvalue weighted by molar-refractivity contribution is -0.115. The molecule has 134 valence electrons. The van der Waals surface area contributed by atoms with Crippen LogP contribution in [0.4, 0.5) is 5.69 Å². The van der Waals surface area contributed by atoms with E-state index in [9.17, 15) is 9.59 Å². The van der Waals surface area contributed by atoms with Gasteiger partial charge < -0.3 is 15.0 Å². The van der Waals surface area contributed by atoms with E-state index >= 15 is 0 Å². The Labute approximate surface area is 155 Å². The second-order valence-electron chi connectivity index (χ2n) is 5.81. The lowest BCUT2D eigenvalue weighted by Gasteiger charge is -2.10. The number of rotatable bonds is 6. The normalized spacial score (nSPS) is 12.0. The molecule has 6 nitrogen and oxygen atoms in total. The van der Waals surface area contributed by atoms with Crippen molar-refractivity contribution in [1.29, 1.82) is 0 Å². The number of Topliss-reactive ketones (excluding diaryl/α,β-unsaturated/α-hetero) is 1. The van der Waals surface area contributed by atoms with E-state index in [1.807, 2.05) is 25.1 Å². The summed E-state index contributed by atoms with van der Waals surface area (Å²) in [5.74, 6) is 0.606. The van der Waals surface area contributed by atoms with Gasteiger partial charge in [-0.1, -0.05) is 11.8 Å². The van der Waals surface area contributed by atoms with Crippen molar-refractivity contribution in [2.24, 2.45) is 0 Å². The number of carbonyl (C=O) groups is 2.